The molecule has 0 radical (unpaired) electrons. The maximum absolute atomic E-state index is 4.48. The zero-order valence-corrected chi connectivity index (χ0v) is 12.9. The maximum atomic E-state index is 4.48. The average Bonchev–Trinajstić information content (AvgIpc) is 2.56. The molecule has 0 fully saturated rings. The van der Waals surface area contributed by atoms with Crippen LogP contribution >= 0.6 is 15.9 Å². The third-order valence-electron chi connectivity index (χ3n) is 3.15. The number of hydrogen-bond donors (Lipinski definition) is 1. The van der Waals surface area contributed by atoms with E-state index in [1.165, 1.54) is 5.56 Å². The number of rotatable bonds is 4. The Morgan fingerprint density at radius 2 is 1.67 bits per heavy atom. The lowest BCUT2D eigenvalue weighted by molar-refractivity contribution is 0.885. The first-order chi connectivity index (χ1) is 10.3. The normalized spacial score (nSPS) is 11.9. The Morgan fingerprint density at radius 1 is 0.857 bits per heavy atom. The van der Waals surface area contributed by atoms with E-state index < -0.39 is 0 Å². The van der Waals surface area contributed by atoms with Gasteiger partial charge in [0.25, 0.3) is 0 Å². The van der Waals surface area contributed by atoms with Gasteiger partial charge in [-0.1, -0.05) is 36.4 Å². The van der Waals surface area contributed by atoms with Crippen LogP contribution in [0.1, 0.15) is 17.3 Å². The molecule has 0 aliphatic carbocycles. The highest BCUT2D eigenvalue weighted by Crippen LogP contribution is 2.25. The molecule has 1 atom stereocenters. The van der Waals surface area contributed by atoms with Gasteiger partial charge >= 0.3 is 0 Å². The van der Waals surface area contributed by atoms with Gasteiger partial charge in [0, 0.05) is 6.20 Å². The minimum atomic E-state index is -0.00428. The summed E-state index contributed by atoms with van der Waals surface area (Å²) in [7, 11) is 0. The Morgan fingerprint density at radius 3 is 2.33 bits per heavy atom. The standard InChI is InChI=1S/C17H14BrN3/c18-16-10-9-14(12-20-16)21-17(13-6-2-1-3-7-13)15-8-4-5-11-19-15/h1-12,17,21H. The Balaban J connectivity index is 1.95. The molecule has 104 valence electrons. The first-order valence-electron chi connectivity index (χ1n) is 6.67. The average molecular weight is 340 g/mol. The minimum Gasteiger partial charge on any atom is -0.372 e. The number of benzene rings is 1. The highest BCUT2D eigenvalue weighted by molar-refractivity contribution is 9.10. The molecular weight excluding hydrogens is 326 g/mol. The lowest BCUT2D eigenvalue weighted by Gasteiger charge is -2.19. The van der Waals surface area contributed by atoms with Crippen LogP contribution < -0.4 is 5.32 Å². The third-order valence-corrected chi connectivity index (χ3v) is 3.62. The maximum Gasteiger partial charge on any atom is 0.106 e. The second-order valence-electron chi connectivity index (χ2n) is 4.61. The topological polar surface area (TPSA) is 37.8 Å². The lowest BCUT2D eigenvalue weighted by Crippen LogP contribution is -2.13. The van der Waals surface area contributed by atoms with Crippen molar-refractivity contribution in [2.24, 2.45) is 0 Å². The molecule has 1 aromatic carbocycles. The molecule has 2 aromatic heterocycles. The number of pyridine rings is 2. The van der Waals surface area contributed by atoms with Crippen molar-refractivity contribution in [3.8, 4) is 0 Å². The summed E-state index contributed by atoms with van der Waals surface area (Å²) in [6.45, 7) is 0. The summed E-state index contributed by atoms with van der Waals surface area (Å²) in [4.78, 5) is 8.73. The monoisotopic (exact) mass is 339 g/mol. The van der Waals surface area contributed by atoms with E-state index in [0.717, 1.165) is 16.0 Å². The number of nitrogens with one attached hydrogen (secondary N) is 1. The molecule has 1 N–H and O–H groups in total. The van der Waals surface area contributed by atoms with Gasteiger partial charge in [-0.2, -0.15) is 0 Å². The molecule has 0 spiro atoms. The van der Waals surface area contributed by atoms with E-state index in [-0.39, 0.29) is 6.04 Å². The number of halogens is 1. The van der Waals surface area contributed by atoms with Crippen molar-refractivity contribution in [2.45, 2.75) is 6.04 Å². The van der Waals surface area contributed by atoms with Crippen LogP contribution in [-0.2, 0) is 0 Å². The summed E-state index contributed by atoms with van der Waals surface area (Å²) in [5.74, 6) is 0. The Labute approximate surface area is 132 Å². The number of hydrogen-bond acceptors (Lipinski definition) is 3. The number of nitrogens with zero attached hydrogens (tertiary/aromatic N) is 2. The molecule has 1 unspecified atom stereocenters. The van der Waals surface area contributed by atoms with Crippen LogP contribution in [-0.4, -0.2) is 9.97 Å². The summed E-state index contributed by atoms with van der Waals surface area (Å²) in [5, 5.41) is 3.49. The minimum absolute atomic E-state index is 0.00428. The molecule has 0 aliphatic rings. The molecule has 4 heteroatoms. The van der Waals surface area contributed by atoms with Gasteiger partial charge in [-0.25, -0.2) is 4.98 Å². The first kappa shape index (κ1) is 13.8. The second kappa shape index (κ2) is 6.50. The van der Waals surface area contributed by atoms with Gasteiger partial charge < -0.3 is 5.32 Å². The van der Waals surface area contributed by atoms with E-state index in [2.05, 4.69) is 43.3 Å². The van der Waals surface area contributed by atoms with Crippen LogP contribution in [0.2, 0.25) is 0 Å². The Bertz CT molecular complexity index is 645. The van der Waals surface area contributed by atoms with Crippen molar-refractivity contribution in [3.63, 3.8) is 0 Å². The van der Waals surface area contributed by atoms with Crippen molar-refractivity contribution < 1.29 is 0 Å². The first-order valence-corrected chi connectivity index (χ1v) is 7.46. The van der Waals surface area contributed by atoms with Gasteiger partial charge in [0.1, 0.15) is 4.60 Å². The fourth-order valence-corrected chi connectivity index (χ4v) is 2.38. The van der Waals surface area contributed by atoms with E-state index in [1.807, 2.05) is 60.9 Å². The summed E-state index contributed by atoms with van der Waals surface area (Å²) < 4.78 is 0.821. The quantitative estimate of drug-likeness (QED) is 0.714. The summed E-state index contributed by atoms with van der Waals surface area (Å²) in [6, 6.07) is 20.1. The van der Waals surface area contributed by atoms with Crippen molar-refractivity contribution in [1.82, 2.24) is 9.97 Å². The van der Waals surface area contributed by atoms with Gasteiger partial charge in [-0.05, 0) is 45.8 Å². The molecule has 3 aromatic rings. The van der Waals surface area contributed by atoms with E-state index >= 15 is 0 Å². The van der Waals surface area contributed by atoms with Crippen molar-refractivity contribution in [1.29, 1.82) is 0 Å². The highest BCUT2D eigenvalue weighted by atomic mass is 79.9. The van der Waals surface area contributed by atoms with Crippen LogP contribution in [0, 0.1) is 0 Å². The van der Waals surface area contributed by atoms with Gasteiger partial charge in [0.05, 0.1) is 23.6 Å². The number of anilines is 1. The largest absolute Gasteiger partial charge is 0.372 e. The molecule has 0 aliphatic heterocycles. The van der Waals surface area contributed by atoms with Crippen LogP contribution in [0.4, 0.5) is 5.69 Å². The molecule has 0 saturated carbocycles. The summed E-state index contributed by atoms with van der Waals surface area (Å²) >= 11 is 3.35. The van der Waals surface area contributed by atoms with Crippen LogP contribution in [0.3, 0.4) is 0 Å². The zero-order chi connectivity index (χ0) is 14.5. The van der Waals surface area contributed by atoms with E-state index in [0.29, 0.717) is 0 Å². The fraction of sp³-hybridized carbons (Fsp3) is 0.0588. The van der Waals surface area contributed by atoms with Gasteiger partial charge in [-0.3, -0.25) is 4.98 Å². The fourth-order valence-electron chi connectivity index (χ4n) is 2.15. The third kappa shape index (κ3) is 3.47. The molecule has 0 bridgehead atoms. The smallest absolute Gasteiger partial charge is 0.106 e. The molecule has 0 amide bonds. The van der Waals surface area contributed by atoms with Crippen molar-refractivity contribution in [2.75, 3.05) is 5.32 Å². The molecule has 2 heterocycles. The van der Waals surface area contributed by atoms with Gasteiger partial charge in [-0.15, -0.1) is 0 Å². The molecule has 3 rings (SSSR count). The molecule has 3 nitrogen and oxygen atoms in total. The van der Waals surface area contributed by atoms with E-state index in [1.54, 1.807) is 0 Å². The highest BCUT2D eigenvalue weighted by Gasteiger charge is 2.14. The Hall–Kier alpha value is -2.20. The predicted octanol–water partition coefficient (Wildman–Crippen LogP) is 4.44. The van der Waals surface area contributed by atoms with Crippen LogP contribution in [0.25, 0.3) is 0 Å². The van der Waals surface area contributed by atoms with Gasteiger partial charge in [0.2, 0.25) is 0 Å². The molecular formula is C17H14BrN3. The van der Waals surface area contributed by atoms with Crippen LogP contribution in [0.15, 0.2) is 77.7 Å². The van der Waals surface area contributed by atoms with Crippen LogP contribution in [0.5, 0.6) is 0 Å². The van der Waals surface area contributed by atoms with E-state index in [9.17, 15) is 0 Å². The predicted molar refractivity (Wildman–Crippen MR) is 88.1 cm³/mol. The van der Waals surface area contributed by atoms with Crippen molar-refractivity contribution >= 4 is 21.6 Å². The second-order valence-corrected chi connectivity index (χ2v) is 5.42. The summed E-state index contributed by atoms with van der Waals surface area (Å²) in [6.07, 6.45) is 3.62. The van der Waals surface area contributed by atoms with Gasteiger partial charge in [0.15, 0.2) is 0 Å². The molecule has 21 heavy (non-hydrogen) atoms. The SMILES string of the molecule is Brc1ccc(NC(c2ccccc2)c2ccccn2)cn1. The zero-order valence-electron chi connectivity index (χ0n) is 11.3. The van der Waals surface area contributed by atoms with E-state index in [4.69, 9.17) is 0 Å². The number of aromatic nitrogens is 2. The Kier molecular flexibility index (Phi) is 4.26. The lowest BCUT2D eigenvalue weighted by atomic mass is 10.0. The summed E-state index contributed by atoms with van der Waals surface area (Å²) in [5.41, 5.74) is 3.10. The van der Waals surface area contributed by atoms with Crippen molar-refractivity contribution in [3.05, 3.63) is 88.9 Å². The molecule has 0 saturated heterocycles.